The molecular formula is C11H20F3N3O2S. The molecule has 2 saturated heterocycles. The molecule has 0 amide bonds. The number of rotatable bonds is 5. The fraction of sp³-hybridized carbons (Fsp3) is 1.00. The Morgan fingerprint density at radius 3 is 2.30 bits per heavy atom. The third kappa shape index (κ3) is 4.31. The highest BCUT2D eigenvalue weighted by Crippen LogP contribution is 2.24. The molecule has 118 valence electrons. The fourth-order valence-corrected chi connectivity index (χ4v) is 4.07. The molecule has 2 fully saturated rings. The summed E-state index contributed by atoms with van der Waals surface area (Å²) < 4.78 is 61.0. The van der Waals surface area contributed by atoms with E-state index in [0.717, 1.165) is 26.2 Å². The summed E-state index contributed by atoms with van der Waals surface area (Å²) in [7, 11) is -3.53. The molecule has 0 radical (unpaired) electrons. The van der Waals surface area contributed by atoms with E-state index >= 15 is 0 Å². The number of nitrogens with one attached hydrogen (secondary N) is 1. The molecule has 0 aromatic carbocycles. The Morgan fingerprint density at radius 1 is 1.15 bits per heavy atom. The maximum atomic E-state index is 12.0. The predicted molar refractivity (Wildman–Crippen MR) is 68.9 cm³/mol. The average molecular weight is 315 g/mol. The van der Waals surface area contributed by atoms with Gasteiger partial charge in [0.05, 0.1) is 5.75 Å². The lowest BCUT2D eigenvalue weighted by molar-refractivity contribution is -0.134. The van der Waals surface area contributed by atoms with Crippen LogP contribution < -0.4 is 5.32 Å². The Morgan fingerprint density at radius 2 is 1.75 bits per heavy atom. The Bertz CT molecular complexity index is 415. The van der Waals surface area contributed by atoms with E-state index in [1.165, 1.54) is 4.31 Å². The second-order valence-electron chi connectivity index (χ2n) is 5.29. The van der Waals surface area contributed by atoms with Crippen molar-refractivity contribution in [3.63, 3.8) is 0 Å². The maximum absolute atomic E-state index is 12.0. The standard InChI is InChI=1S/C11H20F3N3O2S/c12-11(13,14)2-1-7-20(18,19)17-8-10(9-17)16-5-3-15-4-6-16/h10,15H,1-9H2. The zero-order valence-corrected chi connectivity index (χ0v) is 12.0. The molecule has 2 rings (SSSR count). The lowest BCUT2D eigenvalue weighted by atomic mass is 10.1. The van der Waals surface area contributed by atoms with Crippen LogP contribution in [0.4, 0.5) is 13.2 Å². The molecule has 2 heterocycles. The minimum absolute atomic E-state index is 0.217. The molecule has 0 spiro atoms. The van der Waals surface area contributed by atoms with Crippen LogP contribution in [0.15, 0.2) is 0 Å². The molecular weight excluding hydrogens is 295 g/mol. The largest absolute Gasteiger partial charge is 0.389 e. The van der Waals surface area contributed by atoms with Gasteiger partial charge < -0.3 is 5.32 Å². The van der Waals surface area contributed by atoms with Crippen LogP contribution >= 0.6 is 0 Å². The summed E-state index contributed by atoms with van der Waals surface area (Å²) in [6.45, 7) is 4.41. The van der Waals surface area contributed by atoms with Crippen molar-refractivity contribution < 1.29 is 21.6 Å². The van der Waals surface area contributed by atoms with Gasteiger partial charge in [0.15, 0.2) is 0 Å². The summed E-state index contributed by atoms with van der Waals surface area (Å²) in [4.78, 5) is 2.23. The first-order chi connectivity index (χ1) is 9.28. The number of halogens is 3. The van der Waals surface area contributed by atoms with Crippen LogP contribution in [-0.2, 0) is 10.0 Å². The second-order valence-corrected chi connectivity index (χ2v) is 7.38. The van der Waals surface area contributed by atoms with Gasteiger partial charge in [0.25, 0.3) is 0 Å². The molecule has 0 unspecified atom stereocenters. The molecule has 5 nitrogen and oxygen atoms in total. The van der Waals surface area contributed by atoms with Crippen molar-refractivity contribution in [1.29, 1.82) is 0 Å². The van der Waals surface area contributed by atoms with Crippen molar-refractivity contribution in [3.05, 3.63) is 0 Å². The summed E-state index contributed by atoms with van der Waals surface area (Å²) >= 11 is 0. The highest BCUT2D eigenvalue weighted by molar-refractivity contribution is 7.89. The number of hydrogen-bond acceptors (Lipinski definition) is 4. The van der Waals surface area contributed by atoms with Gasteiger partial charge >= 0.3 is 6.18 Å². The lowest BCUT2D eigenvalue weighted by Gasteiger charge is -2.45. The van der Waals surface area contributed by atoms with Gasteiger partial charge in [0, 0.05) is 51.7 Å². The van der Waals surface area contributed by atoms with Gasteiger partial charge in [0.2, 0.25) is 10.0 Å². The van der Waals surface area contributed by atoms with Gasteiger partial charge in [0.1, 0.15) is 0 Å². The molecule has 0 bridgehead atoms. The van der Waals surface area contributed by atoms with Gasteiger partial charge in [-0.3, -0.25) is 4.90 Å². The number of piperazine rings is 1. The quantitative estimate of drug-likeness (QED) is 0.790. The molecule has 2 aliphatic heterocycles. The zero-order chi connectivity index (χ0) is 14.8. The summed E-state index contributed by atoms with van der Waals surface area (Å²) in [6, 6.07) is 0.217. The van der Waals surface area contributed by atoms with E-state index in [-0.39, 0.29) is 12.5 Å². The van der Waals surface area contributed by atoms with Crippen molar-refractivity contribution >= 4 is 10.0 Å². The second kappa shape index (κ2) is 6.17. The highest BCUT2D eigenvalue weighted by atomic mass is 32.2. The van der Waals surface area contributed by atoms with Gasteiger partial charge in [-0.15, -0.1) is 0 Å². The van der Waals surface area contributed by atoms with Crippen LogP contribution in [0, 0.1) is 0 Å². The molecule has 9 heteroatoms. The topological polar surface area (TPSA) is 52.7 Å². The maximum Gasteiger partial charge on any atom is 0.389 e. The lowest BCUT2D eigenvalue weighted by Crippen LogP contribution is -2.64. The van der Waals surface area contributed by atoms with Gasteiger partial charge in [-0.1, -0.05) is 0 Å². The first-order valence-electron chi connectivity index (χ1n) is 6.77. The fourth-order valence-electron chi connectivity index (χ4n) is 2.51. The van der Waals surface area contributed by atoms with Crippen molar-refractivity contribution in [3.8, 4) is 0 Å². The van der Waals surface area contributed by atoms with Crippen molar-refractivity contribution in [2.45, 2.75) is 25.1 Å². The Hall–Kier alpha value is -0.380. The van der Waals surface area contributed by atoms with E-state index in [9.17, 15) is 21.6 Å². The monoisotopic (exact) mass is 315 g/mol. The molecule has 0 aromatic heterocycles. The summed E-state index contributed by atoms with van der Waals surface area (Å²) in [5.74, 6) is -0.416. The molecule has 20 heavy (non-hydrogen) atoms. The van der Waals surface area contributed by atoms with Gasteiger partial charge in [-0.2, -0.15) is 17.5 Å². The SMILES string of the molecule is O=S(=O)(CCCC(F)(F)F)N1CC(N2CCNCC2)C1. The third-order valence-electron chi connectivity index (χ3n) is 3.75. The van der Waals surface area contributed by atoms with Gasteiger partial charge in [-0.25, -0.2) is 8.42 Å². The normalized spacial score (nSPS) is 23.8. The van der Waals surface area contributed by atoms with Crippen LogP contribution in [0.1, 0.15) is 12.8 Å². The van der Waals surface area contributed by atoms with Crippen LogP contribution in [-0.4, -0.2) is 74.9 Å². The van der Waals surface area contributed by atoms with Crippen molar-refractivity contribution in [1.82, 2.24) is 14.5 Å². The predicted octanol–water partition coefficient (Wildman–Crippen LogP) is 0.248. The Kier molecular flexibility index (Phi) is 4.93. The first-order valence-corrected chi connectivity index (χ1v) is 8.38. The Labute approximate surface area is 117 Å². The zero-order valence-electron chi connectivity index (χ0n) is 11.2. The van der Waals surface area contributed by atoms with E-state index in [1.807, 2.05) is 0 Å². The average Bonchev–Trinajstić information content (AvgIpc) is 2.25. The molecule has 2 aliphatic rings. The molecule has 0 atom stereocenters. The smallest absolute Gasteiger partial charge is 0.314 e. The first kappa shape index (κ1) is 16.0. The molecule has 0 aliphatic carbocycles. The van der Waals surface area contributed by atoms with Gasteiger partial charge in [-0.05, 0) is 6.42 Å². The number of nitrogens with zero attached hydrogens (tertiary/aromatic N) is 2. The van der Waals surface area contributed by atoms with Crippen LogP contribution in [0.3, 0.4) is 0 Å². The minimum atomic E-state index is -4.28. The number of sulfonamides is 1. The molecule has 0 saturated carbocycles. The highest BCUT2D eigenvalue weighted by Gasteiger charge is 2.39. The van der Waals surface area contributed by atoms with E-state index in [1.54, 1.807) is 0 Å². The molecule has 0 aromatic rings. The number of hydrogen-bond donors (Lipinski definition) is 1. The van der Waals surface area contributed by atoms with Crippen LogP contribution in [0.2, 0.25) is 0 Å². The third-order valence-corrected chi connectivity index (χ3v) is 5.64. The van der Waals surface area contributed by atoms with Crippen molar-refractivity contribution in [2.75, 3.05) is 45.0 Å². The summed E-state index contributed by atoms with van der Waals surface area (Å²) in [5.41, 5.74) is 0. The Balaban J connectivity index is 1.73. The van der Waals surface area contributed by atoms with Crippen LogP contribution in [0.25, 0.3) is 0 Å². The minimum Gasteiger partial charge on any atom is -0.314 e. The van der Waals surface area contributed by atoms with Crippen LogP contribution in [0.5, 0.6) is 0 Å². The summed E-state index contributed by atoms with van der Waals surface area (Å²) in [6.07, 6.45) is -5.68. The van der Waals surface area contributed by atoms with E-state index in [2.05, 4.69) is 10.2 Å². The summed E-state index contributed by atoms with van der Waals surface area (Å²) in [5, 5.41) is 3.22. The van der Waals surface area contributed by atoms with Crippen molar-refractivity contribution in [2.24, 2.45) is 0 Å². The van der Waals surface area contributed by atoms with E-state index in [4.69, 9.17) is 0 Å². The van der Waals surface area contributed by atoms with E-state index < -0.39 is 28.4 Å². The van der Waals surface area contributed by atoms with E-state index in [0.29, 0.717) is 13.1 Å². The number of alkyl halides is 3. The molecule has 1 N–H and O–H groups in total.